The zero-order valence-corrected chi connectivity index (χ0v) is 24.9. The quantitative estimate of drug-likeness (QED) is 0.347. The van der Waals surface area contributed by atoms with Gasteiger partial charge in [-0.2, -0.15) is 26.3 Å². The number of hydrogen-bond acceptors (Lipinski definition) is 3. The van der Waals surface area contributed by atoms with Crippen LogP contribution in [0, 0.1) is 0 Å². The molecule has 1 atom stereocenters. The summed E-state index contributed by atoms with van der Waals surface area (Å²) in [5.41, 5.74) is -3.19. The molecule has 3 aliphatic rings. The first-order chi connectivity index (χ1) is 20.0. The van der Waals surface area contributed by atoms with Crippen molar-refractivity contribution in [2.24, 2.45) is 0 Å². The van der Waals surface area contributed by atoms with Crippen LogP contribution in [0.5, 0.6) is 0 Å². The van der Waals surface area contributed by atoms with Crippen LogP contribution in [0.2, 0.25) is 0 Å². The molecular weight excluding hydrogens is 570 g/mol. The van der Waals surface area contributed by atoms with E-state index in [0.29, 0.717) is 31.0 Å². The number of amides is 1. The van der Waals surface area contributed by atoms with Gasteiger partial charge in [-0.1, -0.05) is 30.3 Å². The fraction of sp³-hybridized carbons (Fsp3) is 0.606. The minimum atomic E-state index is -4.98. The normalized spacial score (nSPS) is 26.8. The van der Waals surface area contributed by atoms with E-state index in [2.05, 4.69) is 24.1 Å². The van der Waals surface area contributed by atoms with Gasteiger partial charge >= 0.3 is 12.4 Å². The molecule has 2 aromatic rings. The Labute approximate surface area is 249 Å². The van der Waals surface area contributed by atoms with E-state index in [1.807, 2.05) is 30.3 Å². The summed E-state index contributed by atoms with van der Waals surface area (Å²) < 4.78 is 87.4. The van der Waals surface area contributed by atoms with Crippen LogP contribution in [0.1, 0.15) is 100 Å². The summed E-state index contributed by atoms with van der Waals surface area (Å²) in [6.45, 7) is 7.54. The van der Waals surface area contributed by atoms with Crippen LogP contribution >= 0.6 is 0 Å². The predicted molar refractivity (Wildman–Crippen MR) is 151 cm³/mol. The number of piperidine rings is 1. The van der Waals surface area contributed by atoms with E-state index >= 15 is 0 Å². The van der Waals surface area contributed by atoms with Crippen molar-refractivity contribution in [3.05, 3.63) is 70.8 Å². The molecular formula is C33H40F6N2O2. The lowest BCUT2D eigenvalue weighted by molar-refractivity contribution is -0.143. The van der Waals surface area contributed by atoms with Gasteiger partial charge in [-0.15, -0.1) is 0 Å². The number of benzene rings is 2. The van der Waals surface area contributed by atoms with E-state index in [1.165, 1.54) is 6.92 Å². The van der Waals surface area contributed by atoms with E-state index in [1.54, 1.807) is 0 Å². The number of ether oxygens (including phenoxy) is 1. The van der Waals surface area contributed by atoms with Gasteiger partial charge in [-0.3, -0.25) is 4.79 Å². The fourth-order valence-corrected chi connectivity index (χ4v) is 7.29. The standard InChI is InChI=1S/C33H40F6N2O2/c1-22(23-19-25(32(34,35)36)21-26(20-23)33(37,38)39)28(42)40-31(24-7-5-4-6-8-24)11-9-27(10-12-31)41-17-15-30(16-18-41)14-13-29(2,3)43-30/h4-8,19-22,27H,9-18H2,1-3H3,(H,40,42). The molecule has 1 spiro atoms. The molecule has 3 fully saturated rings. The SMILES string of the molecule is CC(C(=O)NC1(c2ccccc2)CCC(N2CCC3(CC2)CCC(C)(C)O3)CC1)c1cc(C(F)(F)F)cc(C(F)(F)F)c1. The molecule has 1 amide bonds. The number of nitrogens with zero attached hydrogens (tertiary/aromatic N) is 1. The van der Waals surface area contributed by atoms with Crippen LogP contribution in [0.4, 0.5) is 26.3 Å². The van der Waals surface area contributed by atoms with Crippen molar-refractivity contribution in [2.75, 3.05) is 13.1 Å². The number of carbonyl (C=O) groups is 1. The smallest absolute Gasteiger partial charge is 0.369 e. The maximum absolute atomic E-state index is 13.6. The Morgan fingerprint density at radius 2 is 1.42 bits per heavy atom. The second-order valence-electron chi connectivity index (χ2n) is 13.3. The predicted octanol–water partition coefficient (Wildman–Crippen LogP) is 8.21. The van der Waals surface area contributed by atoms with Gasteiger partial charge in [0.15, 0.2) is 0 Å². The summed E-state index contributed by atoms with van der Waals surface area (Å²) in [6, 6.07) is 11.1. The van der Waals surface area contributed by atoms with Crippen molar-refractivity contribution in [3.63, 3.8) is 0 Å². The Morgan fingerprint density at radius 1 is 0.860 bits per heavy atom. The highest BCUT2D eigenvalue weighted by Crippen LogP contribution is 2.46. The van der Waals surface area contributed by atoms with E-state index in [4.69, 9.17) is 4.74 Å². The summed E-state index contributed by atoms with van der Waals surface area (Å²) in [6.07, 6.45) is -3.00. The van der Waals surface area contributed by atoms with Crippen molar-refractivity contribution in [1.82, 2.24) is 10.2 Å². The van der Waals surface area contributed by atoms with Crippen LogP contribution in [0.25, 0.3) is 0 Å². The molecule has 1 saturated carbocycles. The van der Waals surface area contributed by atoms with Gasteiger partial charge in [0.05, 0.1) is 33.8 Å². The third-order valence-electron chi connectivity index (χ3n) is 9.90. The minimum Gasteiger partial charge on any atom is -0.369 e. The van der Waals surface area contributed by atoms with E-state index in [9.17, 15) is 31.1 Å². The number of carbonyl (C=O) groups excluding carboxylic acids is 1. The van der Waals surface area contributed by atoms with Crippen LogP contribution in [-0.2, 0) is 27.4 Å². The van der Waals surface area contributed by atoms with Crippen LogP contribution in [0.3, 0.4) is 0 Å². The van der Waals surface area contributed by atoms with Crippen molar-refractivity contribution < 1.29 is 35.9 Å². The van der Waals surface area contributed by atoms with E-state index < -0.39 is 40.8 Å². The first-order valence-electron chi connectivity index (χ1n) is 15.1. The number of rotatable bonds is 5. The van der Waals surface area contributed by atoms with Gasteiger partial charge in [0.25, 0.3) is 0 Å². The molecule has 0 aromatic heterocycles. The maximum atomic E-state index is 13.6. The van der Waals surface area contributed by atoms with E-state index in [0.717, 1.165) is 57.2 Å². The van der Waals surface area contributed by atoms with Gasteiger partial charge in [-0.25, -0.2) is 0 Å². The Morgan fingerprint density at radius 3 is 1.91 bits per heavy atom. The zero-order chi connectivity index (χ0) is 31.3. The van der Waals surface area contributed by atoms with Crippen molar-refractivity contribution in [3.8, 4) is 0 Å². The highest BCUT2D eigenvalue weighted by Gasteiger charge is 2.48. The molecule has 1 N–H and O–H groups in total. The lowest BCUT2D eigenvalue weighted by Gasteiger charge is -2.48. The van der Waals surface area contributed by atoms with Gasteiger partial charge in [0.2, 0.25) is 5.91 Å². The summed E-state index contributed by atoms with van der Waals surface area (Å²) in [5, 5.41) is 3.10. The molecule has 1 unspecified atom stereocenters. The molecule has 2 aliphatic heterocycles. The summed E-state index contributed by atoms with van der Waals surface area (Å²) >= 11 is 0. The van der Waals surface area contributed by atoms with Crippen molar-refractivity contribution >= 4 is 5.91 Å². The molecule has 43 heavy (non-hydrogen) atoms. The number of alkyl halides is 6. The van der Waals surface area contributed by atoms with Crippen LogP contribution in [0.15, 0.2) is 48.5 Å². The molecule has 0 radical (unpaired) electrons. The average Bonchev–Trinajstić information content (AvgIpc) is 3.26. The highest BCUT2D eigenvalue weighted by atomic mass is 19.4. The molecule has 2 aromatic carbocycles. The van der Waals surface area contributed by atoms with Gasteiger partial charge in [0, 0.05) is 19.1 Å². The second kappa shape index (κ2) is 11.4. The van der Waals surface area contributed by atoms with Crippen molar-refractivity contribution in [2.45, 2.75) is 113 Å². The molecule has 236 valence electrons. The average molecular weight is 611 g/mol. The lowest BCUT2D eigenvalue weighted by atomic mass is 9.73. The lowest BCUT2D eigenvalue weighted by Crippen LogP contribution is -2.54. The van der Waals surface area contributed by atoms with Gasteiger partial charge in [-0.05, 0) is 101 Å². The molecule has 0 bridgehead atoms. The Balaban J connectivity index is 1.32. The molecule has 5 rings (SSSR count). The largest absolute Gasteiger partial charge is 0.416 e. The van der Waals surface area contributed by atoms with Crippen LogP contribution < -0.4 is 5.32 Å². The number of halogens is 6. The third kappa shape index (κ3) is 6.90. The van der Waals surface area contributed by atoms with Gasteiger partial charge in [0.1, 0.15) is 0 Å². The topological polar surface area (TPSA) is 41.6 Å². The second-order valence-corrected chi connectivity index (χ2v) is 13.3. The van der Waals surface area contributed by atoms with Gasteiger partial charge < -0.3 is 15.0 Å². The number of nitrogens with one attached hydrogen (secondary N) is 1. The zero-order valence-electron chi connectivity index (χ0n) is 24.9. The summed E-state index contributed by atoms with van der Waals surface area (Å²) in [7, 11) is 0. The van der Waals surface area contributed by atoms with Crippen LogP contribution in [-0.4, -0.2) is 41.1 Å². The number of likely N-dealkylation sites (tertiary alicyclic amines) is 1. The Hall–Kier alpha value is -2.59. The molecule has 10 heteroatoms. The third-order valence-corrected chi connectivity index (χ3v) is 9.90. The minimum absolute atomic E-state index is 0.0397. The van der Waals surface area contributed by atoms with Crippen molar-refractivity contribution in [1.29, 1.82) is 0 Å². The first kappa shape index (κ1) is 31.8. The number of hydrogen-bond donors (Lipinski definition) is 1. The highest BCUT2D eigenvalue weighted by molar-refractivity contribution is 5.84. The van der Waals surface area contributed by atoms with E-state index in [-0.39, 0.29) is 22.8 Å². The summed E-state index contributed by atoms with van der Waals surface area (Å²) in [4.78, 5) is 16.1. The Kier molecular flexibility index (Phi) is 8.44. The summed E-state index contributed by atoms with van der Waals surface area (Å²) in [5.74, 6) is -1.83. The monoisotopic (exact) mass is 610 g/mol. The molecule has 4 nitrogen and oxygen atoms in total. The maximum Gasteiger partial charge on any atom is 0.416 e. The molecule has 2 saturated heterocycles. The molecule has 1 aliphatic carbocycles. The fourth-order valence-electron chi connectivity index (χ4n) is 7.29. The Bertz CT molecular complexity index is 1260. The molecule has 2 heterocycles. The first-order valence-corrected chi connectivity index (χ1v) is 15.1.